The Hall–Kier alpha value is -2.56. The SMILES string of the molecule is Cn1ccnc1Cn1ccc2ccc(C(=O)O)cc21. The minimum atomic E-state index is -0.911. The van der Waals surface area contributed by atoms with Gasteiger partial charge in [-0.05, 0) is 23.6 Å². The second-order valence-electron chi connectivity index (χ2n) is 4.48. The molecule has 0 saturated carbocycles. The van der Waals surface area contributed by atoms with E-state index >= 15 is 0 Å². The highest BCUT2D eigenvalue weighted by atomic mass is 16.4. The molecule has 0 radical (unpaired) electrons. The van der Waals surface area contributed by atoms with Gasteiger partial charge in [0.15, 0.2) is 0 Å². The Morgan fingerprint density at radius 3 is 2.84 bits per heavy atom. The topological polar surface area (TPSA) is 60.0 Å². The molecule has 0 saturated heterocycles. The summed E-state index contributed by atoms with van der Waals surface area (Å²) < 4.78 is 3.96. The average Bonchev–Trinajstić information content (AvgIpc) is 2.97. The maximum Gasteiger partial charge on any atom is 0.335 e. The van der Waals surface area contributed by atoms with Gasteiger partial charge in [0.2, 0.25) is 0 Å². The molecule has 1 N–H and O–H groups in total. The molecular formula is C14H13N3O2. The molecule has 0 aliphatic carbocycles. The van der Waals surface area contributed by atoms with E-state index < -0.39 is 5.97 Å². The van der Waals surface area contributed by atoms with E-state index in [1.54, 1.807) is 18.3 Å². The fraction of sp³-hybridized carbons (Fsp3) is 0.143. The summed E-state index contributed by atoms with van der Waals surface area (Å²) in [6.07, 6.45) is 5.60. The number of benzene rings is 1. The van der Waals surface area contributed by atoms with Gasteiger partial charge in [-0.2, -0.15) is 0 Å². The molecule has 0 spiro atoms. The molecule has 2 aromatic heterocycles. The van der Waals surface area contributed by atoms with E-state index in [4.69, 9.17) is 5.11 Å². The molecule has 2 heterocycles. The number of carboxylic acids is 1. The molecule has 0 fully saturated rings. The van der Waals surface area contributed by atoms with Crippen molar-refractivity contribution in [2.45, 2.75) is 6.54 Å². The summed E-state index contributed by atoms with van der Waals surface area (Å²) in [6.45, 7) is 0.621. The number of aromatic nitrogens is 3. The van der Waals surface area contributed by atoms with Gasteiger partial charge in [0.1, 0.15) is 5.82 Å². The van der Waals surface area contributed by atoms with Crippen molar-refractivity contribution in [1.82, 2.24) is 14.1 Å². The Labute approximate surface area is 109 Å². The van der Waals surface area contributed by atoms with Gasteiger partial charge in [0, 0.05) is 31.2 Å². The van der Waals surface area contributed by atoms with E-state index in [2.05, 4.69) is 4.98 Å². The van der Waals surface area contributed by atoms with E-state index in [1.807, 2.05) is 40.7 Å². The fourth-order valence-corrected chi connectivity index (χ4v) is 2.16. The molecule has 96 valence electrons. The number of rotatable bonds is 3. The molecule has 0 atom stereocenters. The lowest BCUT2D eigenvalue weighted by Crippen LogP contribution is -2.05. The summed E-state index contributed by atoms with van der Waals surface area (Å²) in [5, 5.41) is 10.1. The van der Waals surface area contributed by atoms with Crippen LogP contribution in [0.3, 0.4) is 0 Å². The van der Waals surface area contributed by atoms with Crippen LogP contribution >= 0.6 is 0 Å². The number of carbonyl (C=O) groups is 1. The van der Waals surface area contributed by atoms with Crippen LogP contribution in [0.4, 0.5) is 0 Å². The zero-order valence-electron chi connectivity index (χ0n) is 10.4. The molecule has 19 heavy (non-hydrogen) atoms. The summed E-state index contributed by atoms with van der Waals surface area (Å²) in [7, 11) is 1.94. The van der Waals surface area contributed by atoms with Gasteiger partial charge in [0.05, 0.1) is 12.1 Å². The standard InChI is InChI=1S/C14H13N3O2/c1-16-7-5-15-13(16)9-17-6-4-10-2-3-11(14(18)19)8-12(10)17/h2-8H,9H2,1H3,(H,18,19). The summed E-state index contributed by atoms with van der Waals surface area (Å²) in [5.74, 6) is 0.0184. The molecule has 0 amide bonds. The van der Waals surface area contributed by atoms with Crippen LogP contribution in [0, 0.1) is 0 Å². The Kier molecular flexibility index (Phi) is 2.59. The Balaban J connectivity index is 2.06. The van der Waals surface area contributed by atoms with Gasteiger partial charge in [-0.3, -0.25) is 0 Å². The predicted molar refractivity (Wildman–Crippen MR) is 71.2 cm³/mol. The van der Waals surface area contributed by atoms with Crippen molar-refractivity contribution < 1.29 is 9.90 Å². The second kappa shape index (κ2) is 4.28. The van der Waals surface area contributed by atoms with Gasteiger partial charge >= 0.3 is 5.97 Å². The molecule has 0 bridgehead atoms. The number of aryl methyl sites for hydroxylation is 1. The van der Waals surface area contributed by atoms with Gasteiger partial charge in [-0.15, -0.1) is 0 Å². The Morgan fingerprint density at radius 1 is 1.32 bits per heavy atom. The molecule has 0 unspecified atom stereocenters. The third-order valence-corrected chi connectivity index (χ3v) is 3.25. The van der Waals surface area contributed by atoms with Crippen molar-refractivity contribution in [3.63, 3.8) is 0 Å². The van der Waals surface area contributed by atoms with Crippen LogP contribution in [0.25, 0.3) is 10.9 Å². The van der Waals surface area contributed by atoms with E-state index in [-0.39, 0.29) is 0 Å². The zero-order valence-corrected chi connectivity index (χ0v) is 10.4. The summed E-state index contributed by atoms with van der Waals surface area (Å²) >= 11 is 0. The molecule has 5 heteroatoms. The summed E-state index contributed by atoms with van der Waals surface area (Å²) in [6, 6.07) is 7.12. The lowest BCUT2D eigenvalue weighted by molar-refractivity contribution is 0.0697. The normalized spacial score (nSPS) is 11.0. The molecule has 0 aliphatic rings. The van der Waals surface area contributed by atoms with Crippen LogP contribution in [0.1, 0.15) is 16.2 Å². The minimum absolute atomic E-state index is 0.298. The first-order chi connectivity index (χ1) is 9.15. The fourth-order valence-electron chi connectivity index (χ4n) is 2.16. The third kappa shape index (κ3) is 1.99. The first kappa shape index (κ1) is 11.5. The number of carboxylic acid groups (broad SMARTS) is 1. The molecule has 5 nitrogen and oxygen atoms in total. The van der Waals surface area contributed by atoms with Crippen molar-refractivity contribution in [1.29, 1.82) is 0 Å². The average molecular weight is 255 g/mol. The first-order valence-electron chi connectivity index (χ1n) is 5.93. The van der Waals surface area contributed by atoms with Crippen LogP contribution < -0.4 is 0 Å². The van der Waals surface area contributed by atoms with Gasteiger partial charge in [-0.25, -0.2) is 9.78 Å². The second-order valence-corrected chi connectivity index (χ2v) is 4.48. The van der Waals surface area contributed by atoms with Gasteiger partial charge in [-0.1, -0.05) is 6.07 Å². The molecule has 3 aromatic rings. The number of hydrogen-bond acceptors (Lipinski definition) is 2. The molecule has 1 aromatic carbocycles. The van der Waals surface area contributed by atoms with Gasteiger partial charge in [0.25, 0.3) is 0 Å². The molecule has 3 rings (SSSR count). The smallest absolute Gasteiger partial charge is 0.335 e. The largest absolute Gasteiger partial charge is 0.478 e. The maximum absolute atomic E-state index is 11.0. The van der Waals surface area contributed by atoms with Crippen LogP contribution in [-0.2, 0) is 13.6 Å². The number of fused-ring (bicyclic) bond motifs is 1. The van der Waals surface area contributed by atoms with Crippen LogP contribution in [-0.4, -0.2) is 25.2 Å². The van der Waals surface area contributed by atoms with Crippen molar-refractivity contribution in [2.75, 3.05) is 0 Å². The van der Waals surface area contributed by atoms with Crippen molar-refractivity contribution in [2.24, 2.45) is 7.05 Å². The Morgan fingerprint density at radius 2 is 2.16 bits per heavy atom. The van der Waals surface area contributed by atoms with E-state index in [9.17, 15) is 4.79 Å². The van der Waals surface area contributed by atoms with Crippen LogP contribution in [0.15, 0.2) is 42.9 Å². The van der Waals surface area contributed by atoms with E-state index in [0.717, 1.165) is 16.7 Å². The summed E-state index contributed by atoms with van der Waals surface area (Å²) in [4.78, 5) is 15.3. The maximum atomic E-state index is 11.0. The lowest BCUT2D eigenvalue weighted by atomic mass is 10.1. The number of aromatic carboxylic acids is 1. The zero-order chi connectivity index (χ0) is 13.4. The Bertz CT molecular complexity index is 755. The van der Waals surface area contributed by atoms with E-state index in [0.29, 0.717) is 12.1 Å². The lowest BCUT2D eigenvalue weighted by Gasteiger charge is -2.06. The van der Waals surface area contributed by atoms with Crippen molar-refractivity contribution in [3.8, 4) is 0 Å². The van der Waals surface area contributed by atoms with Crippen LogP contribution in [0.2, 0.25) is 0 Å². The van der Waals surface area contributed by atoms with Crippen molar-refractivity contribution in [3.05, 3.63) is 54.2 Å². The molecule has 0 aliphatic heterocycles. The predicted octanol–water partition coefficient (Wildman–Crippen LogP) is 2.12. The highest BCUT2D eigenvalue weighted by Gasteiger charge is 2.08. The van der Waals surface area contributed by atoms with E-state index in [1.165, 1.54) is 0 Å². The highest BCUT2D eigenvalue weighted by molar-refractivity contribution is 5.93. The first-order valence-corrected chi connectivity index (χ1v) is 5.93. The highest BCUT2D eigenvalue weighted by Crippen LogP contribution is 2.18. The van der Waals surface area contributed by atoms with Gasteiger partial charge < -0.3 is 14.2 Å². The minimum Gasteiger partial charge on any atom is -0.478 e. The summed E-state index contributed by atoms with van der Waals surface area (Å²) in [5.41, 5.74) is 1.20. The van der Waals surface area contributed by atoms with Crippen molar-refractivity contribution >= 4 is 16.9 Å². The number of hydrogen-bond donors (Lipinski definition) is 1. The van der Waals surface area contributed by atoms with Crippen LogP contribution in [0.5, 0.6) is 0 Å². The number of nitrogens with zero attached hydrogens (tertiary/aromatic N) is 3. The third-order valence-electron chi connectivity index (χ3n) is 3.25. The molecular weight excluding hydrogens is 242 g/mol. The quantitative estimate of drug-likeness (QED) is 0.779. The number of imidazole rings is 1. The monoisotopic (exact) mass is 255 g/mol.